The van der Waals surface area contributed by atoms with Crippen molar-refractivity contribution in [1.82, 2.24) is 0 Å². The van der Waals surface area contributed by atoms with E-state index in [9.17, 15) is 9.18 Å². The van der Waals surface area contributed by atoms with Gasteiger partial charge in [0.15, 0.2) is 0 Å². The third kappa shape index (κ3) is 2.35. The van der Waals surface area contributed by atoms with Crippen molar-refractivity contribution in [2.75, 3.05) is 7.11 Å². The molecule has 0 atom stereocenters. The lowest BCUT2D eigenvalue weighted by Gasteiger charge is -2.07. The molecule has 0 saturated carbocycles. The molecule has 14 heavy (non-hydrogen) atoms. The van der Waals surface area contributed by atoms with E-state index in [2.05, 4.69) is 0 Å². The smallest absolute Gasteiger partial charge is 0.308 e. The van der Waals surface area contributed by atoms with Crippen molar-refractivity contribution in [2.24, 2.45) is 0 Å². The normalized spacial score (nSPS) is 9.93. The first-order valence-corrected chi connectivity index (χ1v) is 4.16. The molecule has 0 amide bonds. The van der Waals surface area contributed by atoms with E-state index < -0.39 is 18.2 Å². The minimum Gasteiger partial charge on any atom is -0.496 e. The summed E-state index contributed by atoms with van der Waals surface area (Å²) in [5.41, 5.74) is 0.00407. The van der Waals surface area contributed by atoms with Gasteiger partial charge in [0.25, 0.3) is 0 Å². The van der Waals surface area contributed by atoms with Crippen LogP contribution in [-0.4, -0.2) is 18.2 Å². The van der Waals surface area contributed by atoms with E-state index in [0.717, 1.165) is 6.07 Å². The molecule has 0 aliphatic rings. The molecule has 0 unspecified atom stereocenters. The van der Waals surface area contributed by atoms with Gasteiger partial charge in [0, 0.05) is 10.6 Å². The predicted molar refractivity (Wildman–Crippen MR) is 49.3 cm³/mol. The summed E-state index contributed by atoms with van der Waals surface area (Å²) in [6.45, 7) is 0. The second-order valence-electron chi connectivity index (χ2n) is 2.64. The van der Waals surface area contributed by atoms with Gasteiger partial charge in [-0.15, -0.1) is 0 Å². The molecular formula is C9H8ClFO3. The third-order valence-corrected chi connectivity index (χ3v) is 1.89. The molecule has 0 fully saturated rings. The number of benzene rings is 1. The highest BCUT2D eigenvalue weighted by Gasteiger charge is 2.14. The maximum Gasteiger partial charge on any atom is 0.308 e. The lowest BCUT2D eigenvalue weighted by Crippen LogP contribution is -2.04. The average Bonchev–Trinajstić information content (AvgIpc) is 2.08. The van der Waals surface area contributed by atoms with Crippen LogP contribution >= 0.6 is 11.6 Å². The van der Waals surface area contributed by atoms with Crippen molar-refractivity contribution in [2.45, 2.75) is 6.42 Å². The van der Waals surface area contributed by atoms with Crippen LogP contribution in [-0.2, 0) is 11.2 Å². The van der Waals surface area contributed by atoms with Crippen LogP contribution in [0, 0.1) is 5.82 Å². The van der Waals surface area contributed by atoms with Gasteiger partial charge in [0.2, 0.25) is 0 Å². The molecule has 76 valence electrons. The van der Waals surface area contributed by atoms with Crippen LogP contribution in [0.25, 0.3) is 0 Å². The second-order valence-corrected chi connectivity index (χ2v) is 3.08. The van der Waals surface area contributed by atoms with Gasteiger partial charge in [-0.3, -0.25) is 4.79 Å². The number of carbonyl (C=O) groups is 1. The maximum absolute atomic E-state index is 13.2. The summed E-state index contributed by atoms with van der Waals surface area (Å²) in [6, 6.07) is 2.44. The number of rotatable bonds is 3. The van der Waals surface area contributed by atoms with Crippen molar-refractivity contribution in [3.8, 4) is 5.75 Å². The van der Waals surface area contributed by atoms with Crippen molar-refractivity contribution >= 4 is 17.6 Å². The molecule has 0 saturated heterocycles. The van der Waals surface area contributed by atoms with Gasteiger partial charge in [-0.25, -0.2) is 4.39 Å². The summed E-state index contributed by atoms with van der Waals surface area (Å²) in [7, 11) is 1.33. The summed E-state index contributed by atoms with van der Waals surface area (Å²) in [6.07, 6.45) is -0.424. The lowest BCUT2D eigenvalue weighted by atomic mass is 10.1. The summed E-state index contributed by atoms with van der Waals surface area (Å²) in [5.74, 6) is -1.64. The number of hydrogen-bond donors (Lipinski definition) is 1. The zero-order valence-electron chi connectivity index (χ0n) is 7.38. The number of hydrogen-bond acceptors (Lipinski definition) is 2. The van der Waals surface area contributed by atoms with E-state index in [-0.39, 0.29) is 16.3 Å². The highest BCUT2D eigenvalue weighted by Crippen LogP contribution is 2.26. The van der Waals surface area contributed by atoms with Crippen LogP contribution in [0.5, 0.6) is 5.75 Å². The van der Waals surface area contributed by atoms with Crippen LogP contribution in [0.4, 0.5) is 4.39 Å². The molecule has 1 aromatic rings. The van der Waals surface area contributed by atoms with E-state index >= 15 is 0 Å². The highest BCUT2D eigenvalue weighted by molar-refractivity contribution is 6.30. The molecular weight excluding hydrogens is 211 g/mol. The first-order valence-electron chi connectivity index (χ1n) is 3.78. The SMILES string of the molecule is COc1cc(Cl)cc(F)c1CC(=O)O. The molecule has 0 radical (unpaired) electrons. The van der Waals surface area contributed by atoms with Crippen LogP contribution in [0.1, 0.15) is 5.56 Å². The van der Waals surface area contributed by atoms with Gasteiger partial charge < -0.3 is 9.84 Å². The van der Waals surface area contributed by atoms with E-state index in [1.165, 1.54) is 13.2 Å². The topological polar surface area (TPSA) is 46.5 Å². The number of carboxylic acids is 1. The highest BCUT2D eigenvalue weighted by atomic mass is 35.5. The quantitative estimate of drug-likeness (QED) is 0.845. The minimum absolute atomic E-state index is 0.00407. The number of halogens is 2. The second kappa shape index (κ2) is 4.28. The molecule has 0 spiro atoms. The Bertz CT molecular complexity index is 365. The molecule has 1 N–H and O–H groups in total. The fourth-order valence-corrected chi connectivity index (χ4v) is 1.28. The van der Waals surface area contributed by atoms with E-state index in [1.54, 1.807) is 0 Å². The Labute approximate surface area is 85.1 Å². The molecule has 0 aliphatic heterocycles. The van der Waals surface area contributed by atoms with Gasteiger partial charge >= 0.3 is 5.97 Å². The fraction of sp³-hybridized carbons (Fsp3) is 0.222. The Morgan fingerprint density at radius 2 is 2.29 bits per heavy atom. The van der Waals surface area contributed by atoms with Crippen molar-refractivity contribution in [3.05, 3.63) is 28.5 Å². The standard InChI is InChI=1S/C9H8ClFO3/c1-14-8-3-5(10)2-7(11)6(8)4-9(12)13/h2-3H,4H2,1H3,(H,12,13). The van der Waals surface area contributed by atoms with Crippen molar-refractivity contribution < 1.29 is 19.0 Å². The van der Waals surface area contributed by atoms with Crippen LogP contribution in [0.3, 0.4) is 0 Å². The molecule has 3 nitrogen and oxygen atoms in total. The number of carboxylic acid groups (broad SMARTS) is 1. The molecule has 0 aromatic heterocycles. The molecule has 0 bridgehead atoms. The summed E-state index contributed by atoms with van der Waals surface area (Å²) in [5, 5.41) is 8.70. The Morgan fingerprint density at radius 3 is 2.79 bits per heavy atom. The number of ether oxygens (including phenoxy) is 1. The summed E-state index contributed by atoms with van der Waals surface area (Å²) >= 11 is 5.57. The van der Waals surface area contributed by atoms with Gasteiger partial charge in [-0.05, 0) is 12.1 Å². The Hall–Kier alpha value is -1.29. The number of aliphatic carboxylic acids is 1. The first-order chi connectivity index (χ1) is 6.54. The van der Waals surface area contributed by atoms with Gasteiger partial charge in [0.05, 0.1) is 13.5 Å². The monoisotopic (exact) mass is 218 g/mol. The number of methoxy groups -OCH3 is 1. The molecule has 0 heterocycles. The minimum atomic E-state index is -1.12. The zero-order chi connectivity index (χ0) is 10.7. The Morgan fingerprint density at radius 1 is 1.64 bits per heavy atom. The summed E-state index contributed by atoms with van der Waals surface area (Å²) < 4.78 is 18.1. The van der Waals surface area contributed by atoms with Crippen molar-refractivity contribution in [1.29, 1.82) is 0 Å². The molecule has 1 aromatic carbocycles. The largest absolute Gasteiger partial charge is 0.496 e. The van der Waals surface area contributed by atoms with E-state index in [0.29, 0.717) is 0 Å². The first kappa shape index (κ1) is 10.8. The fourth-order valence-electron chi connectivity index (χ4n) is 1.08. The van der Waals surface area contributed by atoms with E-state index in [1.807, 2.05) is 0 Å². The molecule has 1 rings (SSSR count). The Kier molecular flexibility index (Phi) is 3.30. The average molecular weight is 219 g/mol. The van der Waals surface area contributed by atoms with Gasteiger partial charge in [-0.1, -0.05) is 11.6 Å². The maximum atomic E-state index is 13.2. The molecule has 5 heteroatoms. The lowest BCUT2D eigenvalue weighted by molar-refractivity contribution is -0.136. The predicted octanol–water partition coefficient (Wildman–Crippen LogP) is 2.11. The van der Waals surface area contributed by atoms with Gasteiger partial charge in [0.1, 0.15) is 11.6 Å². The van der Waals surface area contributed by atoms with Crippen LogP contribution in [0.15, 0.2) is 12.1 Å². The Balaban J connectivity index is 3.18. The molecule has 0 aliphatic carbocycles. The van der Waals surface area contributed by atoms with Crippen LogP contribution < -0.4 is 4.74 Å². The van der Waals surface area contributed by atoms with E-state index in [4.69, 9.17) is 21.4 Å². The summed E-state index contributed by atoms with van der Waals surface area (Å²) in [4.78, 5) is 10.4. The van der Waals surface area contributed by atoms with Gasteiger partial charge in [-0.2, -0.15) is 0 Å². The zero-order valence-corrected chi connectivity index (χ0v) is 8.14. The van der Waals surface area contributed by atoms with Crippen LogP contribution in [0.2, 0.25) is 5.02 Å². The van der Waals surface area contributed by atoms with Crippen molar-refractivity contribution in [3.63, 3.8) is 0 Å². The third-order valence-electron chi connectivity index (χ3n) is 1.67.